The topological polar surface area (TPSA) is 75.8 Å². The molecule has 0 aliphatic carbocycles. The van der Waals surface area contributed by atoms with Gasteiger partial charge in [0.25, 0.3) is 0 Å². The van der Waals surface area contributed by atoms with Crippen molar-refractivity contribution < 1.29 is 27.8 Å². The molecule has 1 aromatic rings. The summed E-state index contributed by atoms with van der Waals surface area (Å²) in [7, 11) is 0. The van der Waals surface area contributed by atoms with Crippen LogP contribution in [0.3, 0.4) is 0 Å². The summed E-state index contributed by atoms with van der Waals surface area (Å²) in [4.78, 5) is 13.4. The Morgan fingerprint density at radius 2 is 1.95 bits per heavy atom. The first-order valence-corrected chi connectivity index (χ1v) is 6.31. The SMILES string of the molecule is NC1CN(C(=O)Cc2ccc(OC(F)(F)F)cc2)CC1O. The van der Waals surface area contributed by atoms with Crippen LogP contribution in [0.2, 0.25) is 0 Å². The monoisotopic (exact) mass is 304 g/mol. The van der Waals surface area contributed by atoms with Crippen molar-refractivity contribution in [2.45, 2.75) is 24.9 Å². The lowest BCUT2D eigenvalue weighted by molar-refractivity contribution is -0.274. The normalized spacial score (nSPS) is 22.4. The number of rotatable bonds is 3. The largest absolute Gasteiger partial charge is 0.573 e. The van der Waals surface area contributed by atoms with Crippen LogP contribution in [0.1, 0.15) is 5.56 Å². The highest BCUT2D eigenvalue weighted by atomic mass is 19.4. The number of carbonyl (C=O) groups is 1. The van der Waals surface area contributed by atoms with E-state index in [1.54, 1.807) is 0 Å². The quantitative estimate of drug-likeness (QED) is 0.860. The van der Waals surface area contributed by atoms with Gasteiger partial charge in [0.2, 0.25) is 5.91 Å². The van der Waals surface area contributed by atoms with Crippen LogP contribution in [0.4, 0.5) is 13.2 Å². The lowest BCUT2D eigenvalue weighted by Crippen LogP contribution is -2.33. The molecular weight excluding hydrogens is 289 g/mol. The van der Waals surface area contributed by atoms with E-state index in [1.807, 2.05) is 0 Å². The molecule has 1 aliphatic heterocycles. The van der Waals surface area contributed by atoms with Gasteiger partial charge in [0.15, 0.2) is 0 Å². The number of benzene rings is 1. The summed E-state index contributed by atoms with van der Waals surface area (Å²) in [6.45, 7) is 0.449. The lowest BCUT2D eigenvalue weighted by atomic mass is 10.1. The maximum absolute atomic E-state index is 12.0. The first-order chi connectivity index (χ1) is 9.74. The van der Waals surface area contributed by atoms with Gasteiger partial charge in [-0.3, -0.25) is 4.79 Å². The minimum atomic E-state index is -4.74. The number of aliphatic hydroxyl groups is 1. The van der Waals surface area contributed by atoms with Crippen LogP contribution in [0.15, 0.2) is 24.3 Å². The molecule has 1 fully saturated rings. The smallest absolute Gasteiger partial charge is 0.406 e. The molecule has 0 bridgehead atoms. The first kappa shape index (κ1) is 15.6. The van der Waals surface area contributed by atoms with Gasteiger partial charge in [-0.1, -0.05) is 12.1 Å². The van der Waals surface area contributed by atoms with E-state index in [4.69, 9.17) is 5.73 Å². The second-order valence-corrected chi connectivity index (χ2v) is 4.90. The third kappa shape index (κ3) is 4.33. The molecule has 0 aromatic heterocycles. The second-order valence-electron chi connectivity index (χ2n) is 4.90. The molecule has 3 N–H and O–H groups in total. The number of hydrogen-bond donors (Lipinski definition) is 2. The molecule has 1 aliphatic rings. The van der Waals surface area contributed by atoms with E-state index in [2.05, 4.69) is 4.74 Å². The Balaban J connectivity index is 1.93. The number of hydrogen-bond acceptors (Lipinski definition) is 4. The van der Waals surface area contributed by atoms with Crippen molar-refractivity contribution in [2.75, 3.05) is 13.1 Å². The van der Waals surface area contributed by atoms with E-state index in [-0.39, 0.29) is 31.2 Å². The van der Waals surface area contributed by atoms with Crippen molar-refractivity contribution >= 4 is 5.91 Å². The van der Waals surface area contributed by atoms with Crippen LogP contribution >= 0.6 is 0 Å². The summed E-state index contributed by atoms with van der Waals surface area (Å²) in [5.74, 6) is -0.566. The van der Waals surface area contributed by atoms with Crippen molar-refractivity contribution in [3.8, 4) is 5.75 Å². The number of β-amino-alcohol motifs (C(OH)–C–C–N with tert-alkyl or cyclic N) is 1. The molecular formula is C13H15F3N2O3. The van der Waals surface area contributed by atoms with E-state index >= 15 is 0 Å². The molecule has 0 radical (unpaired) electrons. The van der Waals surface area contributed by atoms with E-state index in [0.29, 0.717) is 5.56 Å². The predicted molar refractivity (Wildman–Crippen MR) is 67.4 cm³/mol. The Morgan fingerprint density at radius 3 is 2.43 bits per heavy atom. The summed E-state index contributed by atoms with van der Waals surface area (Å²) in [5, 5.41) is 9.49. The maximum atomic E-state index is 12.0. The van der Waals surface area contributed by atoms with Crippen LogP contribution in [0.5, 0.6) is 5.75 Å². The van der Waals surface area contributed by atoms with Crippen LogP contribution in [-0.2, 0) is 11.2 Å². The zero-order valence-electron chi connectivity index (χ0n) is 11.0. The molecule has 2 atom stereocenters. The van der Waals surface area contributed by atoms with Gasteiger partial charge < -0.3 is 20.5 Å². The van der Waals surface area contributed by atoms with Crippen molar-refractivity contribution in [1.29, 1.82) is 0 Å². The fourth-order valence-electron chi connectivity index (χ4n) is 2.11. The Kier molecular flexibility index (Phi) is 4.38. The molecule has 2 unspecified atom stereocenters. The number of ether oxygens (including phenoxy) is 1. The van der Waals surface area contributed by atoms with E-state index in [0.717, 1.165) is 12.1 Å². The van der Waals surface area contributed by atoms with E-state index in [9.17, 15) is 23.1 Å². The molecule has 1 amide bonds. The molecule has 21 heavy (non-hydrogen) atoms. The Bertz CT molecular complexity index is 494. The number of aliphatic hydroxyl groups excluding tert-OH is 1. The number of amides is 1. The highest BCUT2D eigenvalue weighted by molar-refractivity contribution is 5.79. The highest BCUT2D eigenvalue weighted by Gasteiger charge is 2.32. The van der Waals surface area contributed by atoms with Crippen molar-refractivity contribution in [3.05, 3.63) is 29.8 Å². The molecule has 5 nitrogen and oxygen atoms in total. The van der Waals surface area contributed by atoms with Gasteiger partial charge in [0.1, 0.15) is 5.75 Å². The summed E-state index contributed by atoms with van der Waals surface area (Å²) in [5.41, 5.74) is 6.17. The Labute approximate surface area is 119 Å². The average molecular weight is 304 g/mol. The van der Waals surface area contributed by atoms with E-state index in [1.165, 1.54) is 17.0 Å². The predicted octanol–water partition coefficient (Wildman–Crippen LogP) is 0.658. The summed E-state index contributed by atoms with van der Waals surface area (Å²) >= 11 is 0. The van der Waals surface area contributed by atoms with Crippen LogP contribution in [0, 0.1) is 0 Å². The fraction of sp³-hybridized carbons (Fsp3) is 0.462. The van der Waals surface area contributed by atoms with Crippen molar-refractivity contribution in [1.82, 2.24) is 4.90 Å². The van der Waals surface area contributed by atoms with Gasteiger partial charge in [-0.15, -0.1) is 13.2 Å². The van der Waals surface area contributed by atoms with Gasteiger partial charge in [0.05, 0.1) is 12.5 Å². The number of likely N-dealkylation sites (tertiary alicyclic amines) is 1. The highest BCUT2D eigenvalue weighted by Crippen LogP contribution is 2.23. The van der Waals surface area contributed by atoms with Gasteiger partial charge in [-0.25, -0.2) is 0 Å². The molecule has 1 aromatic carbocycles. The number of halogens is 3. The standard InChI is InChI=1S/C13H15F3N2O3/c14-13(15,16)21-9-3-1-8(2-4-9)5-12(20)18-6-10(17)11(19)7-18/h1-4,10-11,19H,5-7,17H2. The maximum Gasteiger partial charge on any atom is 0.573 e. The number of carbonyl (C=O) groups excluding carboxylic acids is 1. The molecule has 116 valence electrons. The Morgan fingerprint density at radius 1 is 1.33 bits per heavy atom. The molecule has 8 heteroatoms. The van der Waals surface area contributed by atoms with Gasteiger partial charge >= 0.3 is 6.36 Å². The zero-order chi connectivity index (χ0) is 15.6. The van der Waals surface area contributed by atoms with Crippen molar-refractivity contribution in [3.63, 3.8) is 0 Å². The summed E-state index contributed by atoms with van der Waals surface area (Å²) in [6, 6.07) is 4.63. The first-order valence-electron chi connectivity index (χ1n) is 6.31. The molecule has 1 heterocycles. The lowest BCUT2D eigenvalue weighted by Gasteiger charge is -2.15. The van der Waals surface area contributed by atoms with Crippen molar-refractivity contribution in [2.24, 2.45) is 5.73 Å². The van der Waals surface area contributed by atoms with E-state index < -0.39 is 18.5 Å². The fourth-order valence-corrected chi connectivity index (χ4v) is 2.11. The number of nitrogens with zero attached hydrogens (tertiary/aromatic N) is 1. The summed E-state index contributed by atoms with van der Waals surface area (Å²) < 4.78 is 39.8. The van der Waals surface area contributed by atoms with Gasteiger partial charge in [-0.2, -0.15) is 0 Å². The average Bonchev–Trinajstić information content (AvgIpc) is 2.70. The van der Waals surface area contributed by atoms with Crippen LogP contribution in [0.25, 0.3) is 0 Å². The molecule has 2 rings (SSSR count). The third-order valence-electron chi connectivity index (χ3n) is 3.20. The molecule has 1 saturated heterocycles. The second kappa shape index (κ2) is 5.90. The summed E-state index contributed by atoms with van der Waals surface area (Å²) in [6.07, 6.45) is -5.44. The minimum absolute atomic E-state index is 0.0335. The Hall–Kier alpha value is -1.80. The third-order valence-corrected chi connectivity index (χ3v) is 3.20. The number of nitrogens with two attached hydrogens (primary N) is 1. The zero-order valence-corrected chi connectivity index (χ0v) is 11.0. The minimum Gasteiger partial charge on any atom is -0.406 e. The van der Waals surface area contributed by atoms with Crippen LogP contribution < -0.4 is 10.5 Å². The molecule has 0 spiro atoms. The number of alkyl halides is 3. The van der Waals surface area contributed by atoms with Gasteiger partial charge in [-0.05, 0) is 17.7 Å². The molecule has 0 saturated carbocycles. The van der Waals surface area contributed by atoms with Gasteiger partial charge in [0, 0.05) is 19.1 Å². The van der Waals surface area contributed by atoms with Crippen LogP contribution in [-0.4, -0.2) is 47.5 Å².